The Balaban J connectivity index is 2.80. The zero-order chi connectivity index (χ0) is 11.0. The quantitative estimate of drug-likeness (QED) is 0.472. The van der Waals surface area contributed by atoms with Crippen LogP contribution in [0.3, 0.4) is 0 Å². The van der Waals surface area contributed by atoms with E-state index >= 15 is 0 Å². The molecule has 2 atom stereocenters. The van der Waals surface area contributed by atoms with Crippen molar-refractivity contribution in [2.75, 3.05) is 6.61 Å². The molecular weight excluding hydrogens is 246 g/mol. The third-order valence-corrected chi connectivity index (χ3v) is 11.9. The van der Waals surface area contributed by atoms with Crippen LogP contribution in [0, 0.1) is 0 Å². The van der Waals surface area contributed by atoms with Crippen LogP contribution in [0.25, 0.3) is 0 Å². The van der Waals surface area contributed by atoms with E-state index in [4.69, 9.17) is 0 Å². The van der Waals surface area contributed by atoms with E-state index in [1.807, 2.05) is 0 Å². The van der Waals surface area contributed by atoms with Gasteiger partial charge >= 0.3 is 11.6 Å². The van der Waals surface area contributed by atoms with Gasteiger partial charge in [-0.3, -0.25) is 0 Å². The van der Waals surface area contributed by atoms with E-state index in [1.54, 1.807) is 0 Å². The lowest BCUT2D eigenvalue weighted by molar-refractivity contribution is -0.0732. The summed E-state index contributed by atoms with van der Waals surface area (Å²) in [5.74, 6) is -9.39. The molecule has 1 aliphatic heterocycles. The second-order valence-electron chi connectivity index (χ2n) is 3.12. The molecule has 14 heavy (non-hydrogen) atoms. The molecule has 1 heterocycles. The molecule has 0 N–H and O–H groups in total. The Labute approximate surface area is 79.2 Å². The summed E-state index contributed by atoms with van der Waals surface area (Å²) in [6.45, 7) is -0.171. The van der Waals surface area contributed by atoms with Crippen molar-refractivity contribution in [2.45, 2.75) is 24.1 Å². The van der Waals surface area contributed by atoms with Gasteiger partial charge in [-0.05, 0) is 12.5 Å². The minimum absolute atomic E-state index is 0.107. The molecule has 0 radical (unpaired) electrons. The number of hydrogen-bond donors (Lipinski definition) is 0. The van der Waals surface area contributed by atoms with Crippen LogP contribution >= 0.6 is 0 Å². The summed E-state index contributed by atoms with van der Waals surface area (Å²) in [7, 11) is -7.80. The molecule has 0 aromatic carbocycles. The number of rotatable bonds is 0. The van der Waals surface area contributed by atoms with E-state index in [0.717, 1.165) is 0 Å². The number of alkyl halides is 6. The smallest absolute Gasteiger partial charge is 0.382 e. The van der Waals surface area contributed by atoms with Crippen LogP contribution in [-0.2, 0) is 4.43 Å². The summed E-state index contributed by atoms with van der Waals surface area (Å²) in [5, 5.41) is 0. The van der Waals surface area contributed by atoms with Gasteiger partial charge in [0.15, 0.2) is 8.31 Å². The van der Waals surface area contributed by atoms with Crippen molar-refractivity contribution in [1.29, 1.82) is 0 Å². The van der Waals surface area contributed by atoms with Gasteiger partial charge in [0.2, 0.25) is 0 Å². The monoisotopic (exact) mass is 254 g/mol. The van der Waals surface area contributed by atoms with Crippen molar-refractivity contribution in [1.82, 2.24) is 0 Å². The third kappa shape index (κ3) is 2.73. The fourth-order valence-electron chi connectivity index (χ4n) is 1.44. The molecule has 0 amide bonds. The van der Waals surface area contributed by atoms with E-state index < -0.39 is 28.5 Å². The molecule has 2 unspecified atom stereocenters. The van der Waals surface area contributed by atoms with Gasteiger partial charge in [-0.25, -0.2) is 0 Å². The van der Waals surface area contributed by atoms with E-state index in [1.165, 1.54) is 0 Å². The Morgan fingerprint density at radius 1 is 0.929 bits per heavy atom. The van der Waals surface area contributed by atoms with Crippen LogP contribution in [0.1, 0.15) is 6.42 Å². The van der Waals surface area contributed by atoms with Gasteiger partial charge in [-0.15, -0.1) is 0 Å². The lowest BCUT2D eigenvalue weighted by Crippen LogP contribution is -2.59. The third-order valence-electron chi connectivity index (χ3n) is 2.07. The van der Waals surface area contributed by atoms with Crippen molar-refractivity contribution in [2.24, 2.45) is 0 Å². The van der Waals surface area contributed by atoms with Crippen molar-refractivity contribution in [3.63, 3.8) is 0 Å². The highest BCUT2D eigenvalue weighted by Crippen LogP contribution is 2.34. The molecule has 1 aliphatic rings. The van der Waals surface area contributed by atoms with Gasteiger partial charge in [0.1, 0.15) is 0 Å². The van der Waals surface area contributed by atoms with Gasteiger partial charge in [-0.1, -0.05) is 0 Å². The van der Waals surface area contributed by atoms with Gasteiger partial charge < -0.3 is 4.43 Å². The van der Waals surface area contributed by atoms with Crippen LogP contribution in [0.5, 0.6) is 0 Å². The molecule has 0 aromatic rings. The summed E-state index contributed by atoms with van der Waals surface area (Å²) in [6, 6.07) is -0.320. The van der Waals surface area contributed by atoms with Crippen LogP contribution in [0.2, 0.25) is 6.04 Å². The Morgan fingerprint density at radius 3 is 1.86 bits per heavy atom. The molecule has 0 aliphatic carbocycles. The van der Waals surface area contributed by atoms with Crippen molar-refractivity contribution < 1.29 is 30.8 Å². The highest BCUT2D eigenvalue weighted by molar-refractivity contribution is 7.21. The average molecular weight is 254 g/mol. The Kier molecular flexibility index (Phi) is 3.31. The van der Waals surface area contributed by atoms with Crippen molar-refractivity contribution >= 4 is 16.9 Å². The maximum atomic E-state index is 12.2. The van der Waals surface area contributed by atoms with Crippen LogP contribution in [0.15, 0.2) is 0 Å². The maximum absolute atomic E-state index is 12.2. The first-order chi connectivity index (χ1) is 6.23. The number of hydrogen-bond acceptors (Lipinski definition) is 1. The summed E-state index contributed by atoms with van der Waals surface area (Å²) in [5.41, 5.74) is 0. The molecule has 0 bridgehead atoms. The minimum Gasteiger partial charge on any atom is -0.413 e. The molecule has 0 aromatic heterocycles. The van der Waals surface area contributed by atoms with Crippen LogP contribution in [-0.4, -0.2) is 35.1 Å². The normalized spacial score (nSPS) is 30.4. The first-order valence-corrected chi connectivity index (χ1v) is 9.09. The van der Waals surface area contributed by atoms with Gasteiger partial charge in [-0.2, -0.15) is 26.3 Å². The lowest BCUT2D eigenvalue weighted by Gasteiger charge is -2.31. The SMILES string of the molecule is FC(F)(F)[SiH]1CCCO[SiH]1C(F)(F)F. The van der Waals surface area contributed by atoms with Gasteiger partial charge in [0, 0.05) is 6.61 Å². The second-order valence-corrected chi connectivity index (χ2v) is 11.6. The van der Waals surface area contributed by atoms with E-state index in [-0.39, 0.29) is 19.1 Å². The highest BCUT2D eigenvalue weighted by atomic mass is 29.2. The van der Waals surface area contributed by atoms with Gasteiger partial charge in [0.05, 0.1) is 0 Å². The fraction of sp³-hybridized carbons (Fsp3) is 1.00. The predicted octanol–water partition coefficient (Wildman–Crippen LogP) is 1.64. The second kappa shape index (κ2) is 3.85. The van der Waals surface area contributed by atoms with Crippen LogP contribution in [0.4, 0.5) is 26.3 Å². The fourth-order valence-corrected chi connectivity index (χ4v) is 9.44. The van der Waals surface area contributed by atoms with Gasteiger partial charge in [0.25, 0.3) is 8.56 Å². The Bertz CT molecular complexity index is 179. The summed E-state index contributed by atoms with van der Waals surface area (Å²) in [4.78, 5) is 0. The van der Waals surface area contributed by atoms with Crippen molar-refractivity contribution in [3.05, 3.63) is 0 Å². The van der Waals surface area contributed by atoms with E-state index in [9.17, 15) is 26.3 Å². The average Bonchev–Trinajstić information content (AvgIpc) is 2.01. The molecular formula is C5H8F6OSi2. The molecule has 1 fully saturated rings. The minimum atomic E-state index is -4.74. The summed E-state index contributed by atoms with van der Waals surface area (Å²) in [6.07, 6.45) is 0.107. The Morgan fingerprint density at radius 2 is 1.50 bits per heavy atom. The van der Waals surface area contributed by atoms with Crippen molar-refractivity contribution in [3.8, 4) is 0 Å². The molecule has 9 heteroatoms. The maximum Gasteiger partial charge on any atom is 0.382 e. The van der Waals surface area contributed by atoms with Crippen LogP contribution < -0.4 is 0 Å². The first kappa shape index (κ1) is 12.0. The van der Waals surface area contributed by atoms with E-state index in [0.29, 0.717) is 0 Å². The molecule has 0 saturated carbocycles. The highest BCUT2D eigenvalue weighted by Gasteiger charge is 2.60. The predicted molar refractivity (Wildman–Crippen MR) is 41.8 cm³/mol. The summed E-state index contributed by atoms with van der Waals surface area (Å²) < 4.78 is 77.6. The topological polar surface area (TPSA) is 9.23 Å². The largest absolute Gasteiger partial charge is 0.413 e. The first-order valence-electron chi connectivity index (χ1n) is 3.98. The molecule has 1 saturated heterocycles. The van der Waals surface area contributed by atoms with E-state index in [2.05, 4.69) is 4.43 Å². The lowest BCUT2D eigenvalue weighted by atomic mass is 10.5. The molecule has 1 nitrogen and oxygen atoms in total. The standard InChI is InChI=1S/C5H8F6OSi2/c6-4(7,8)13-3-1-2-12-14(13)5(9,10)11/h13-14H,1-3H2. The molecule has 0 spiro atoms. The zero-order valence-corrected chi connectivity index (χ0v) is 9.26. The number of halogens is 6. The Hall–Kier alpha value is -0.0262. The molecule has 1 rings (SSSR count). The zero-order valence-electron chi connectivity index (χ0n) is 6.95. The molecule has 84 valence electrons. The summed E-state index contributed by atoms with van der Waals surface area (Å²) >= 11 is 0.